The first-order chi connectivity index (χ1) is 14.4. The van der Waals surface area contributed by atoms with Gasteiger partial charge in [0.05, 0.1) is 0 Å². The van der Waals surface area contributed by atoms with Crippen molar-refractivity contribution in [2.24, 2.45) is 0 Å². The quantitative estimate of drug-likeness (QED) is 0.302. The number of aryl methyl sites for hydroxylation is 1. The Labute approximate surface area is 174 Å². The molecule has 0 aromatic heterocycles. The van der Waals surface area contributed by atoms with E-state index < -0.39 is 10.0 Å². The van der Waals surface area contributed by atoms with E-state index >= 15 is 0 Å². The number of hydrogen-bond donors (Lipinski definition) is 0. The van der Waals surface area contributed by atoms with Crippen LogP contribution in [-0.2, 0) is 19.3 Å². The van der Waals surface area contributed by atoms with Gasteiger partial charge in [0.15, 0.2) is 0 Å². The molecule has 1 heteroatoms. The molecule has 0 saturated heterocycles. The minimum absolute atomic E-state index is 1.03. The Morgan fingerprint density at radius 1 is 0.414 bits per heavy atom. The van der Waals surface area contributed by atoms with Crippen LogP contribution >= 0.6 is 10.0 Å². The van der Waals surface area contributed by atoms with Gasteiger partial charge in [0.1, 0.15) is 0 Å². The van der Waals surface area contributed by atoms with Gasteiger partial charge in [-0.3, -0.25) is 0 Å². The first-order valence-corrected chi connectivity index (χ1v) is 12.3. The molecule has 0 amide bonds. The Morgan fingerprint density at radius 2 is 0.793 bits per heavy atom. The minimum atomic E-state index is -1.28. The van der Waals surface area contributed by atoms with Crippen LogP contribution in [0.2, 0.25) is 0 Å². The van der Waals surface area contributed by atoms with Crippen LogP contribution in [0.5, 0.6) is 0 Å². The lowest BCUT2D eigenvalue weighted by Crippen LogP contribution is -2.21. The van der Waals surface area contributed by atoms with Gasteiger partial charge in [0.25, 0.3) is 0 Å². The molecule has 0 N–H and O–H groups in total. The van der Waals surface area contributed by atoms with Gasteiger partial charge in [-0.1, -0.05) is 78.9 Å². The third kappa shape index (κ3) is 2.54. The van der Waals surface area contributed by atoms with Crippen LogP contribution < -0.4 is 0 Å². The van der Waals surface area contributed by atoms with Crippen molar-refractivity contribution in [3.05, 3.63) is 125 Å². The molecule has 0 nitrogen and oxygen atoms in total. The van der Waals surface area contributed by atoms with Crippen LogP contribution in [0.1, 0.15) is 27.8 Å². The molecule has 0 aliphatic carbocycles. The summed E-state index contributed by atoms with van der Waals surface area (Å²) in [5, 5.41) is 0. The van der Waals surface area contributed by atoms with Gasteiger partial charge >= 0.3 is 0 Å². The molecule has 1 spiro atoms. The third-order valence-electron chi connectivity index (χ3n) is 6.60. The molecule has 142 valence electrons. The van der Waals surface area contributed by atoms with E-state index in [2.05, 4.69) is 97.1 Å². The van der Waals surface area contributed by atoms with Crippen molar-refractivity contribution in [3.63, 3.8) is 0 Å². The molecule has 0 atom stereocenters. The van der Waals surface area contributed by atoms with Crippen molar-refractivity contribution in [2.45, 2.75) is 33.9 Å². The first-order valence-electron chi connectivity index (χ1n) is 10.5. The smallest absolute Gasteiger partial charge is 0.00171 e. The molecule has 0 radical (unpaired) electrons. The first kappa shape index (κ1) is 17.1. The zero-order valence-corrected chi connectivity index (χ0v) is 17.3. The maximum Gasteiger partial charge on any atom is 0.00171 e. The number of rotatable bonds is 0. The number of fused-ring (bicyclic) bond motifs is 7. The summed E-state index contributed by atoms with van der Waals surface area (Å²) in [6.45, 7) is 0. The summed E-state index contributed by atoms with van der Waals surface area (Å²) in [7, 11) is -1.28. The van der Waals surface area contributed by atoms with E-state index in [9.17, 15) is 0 Å². The molecule has 0 bridgehead atoms. The lowest BCUT2D eigenvalue weighted by Gasteiger charge is -2.48. The summed E-state index contributed by atoms with van der Waals surface area (Å²) in [5.74, 6) is 1.19. The molecule has 2 aliphatic heterocycles. The second-order valence-electron chi connectivity index (χ2n) is 8.14. The molecule has 2 heterocycles. The molecule has 4 aromatic carbocycles. The van der Waals surface area contributed by atoms with E-state index in [0.717, 1.165) is 19.3 Å². The Bertz CT molecular complexity index is 1170. The number of benzene rings is 4. The van der Waals surface area contributed by atoms with Gasteiger partial charge in [-0.25, -0.2) is 0 Å². The lowest BCUT2D eigenvalue weighted by atomic mass is 9.98. The predicted octanol–water partition coefficient (Wildman–Crippen LogP) is 7.02. The topological polar surface area (TPSA) is 0 Å². The summed E-state index contributed by atoms with van der Waals surface area (Å²) in [6.07, 6.45) is 3.23. The summed E-state index contributed by atoms with van der Waals surface area (Å²) in [4.78, 5) is 4.75. The van der Waals surface area contributed by atoms with Crippen molar-refractivity contribution >= 4 is 10.0 Å². The monoisotopic (exact) mass is 392 g/mol. The van der Waals surface area contributed by atoms with E-state index in [4.69, 9.17) is 0 Å². The van der Waals surface area contributed by atoms with Crippen LogP contribution in [0.25, 0.3) is 0 Å². The average Bonchev–Trinajstić information content (AvgIpc) is 2.77. The van der Waals surface area contributed by atoms with Gasteiger partial charge in [0, 0.05) is 14.7 Å². The molecule has 0 fully saturated rings. The van der Waals surface area contributed by atoms with E-state index in [1.54, 1.807) is 14.7 Å². The van der Waals surface area contributed by atoms with Crippen molar-refractivity contribution in [3.8, 4) is 0 Å². The average molecular weight is 393 g/mol. The van der Waals surface area contributed by atoms with Gasteiger partial charge in [-0.2, -0.15) is 10.0 Å². The number of hydrogen-bond acceptors (Lipinski definition) is 0. The van der Waals surface area contributed by atoms with Gasteiger partial charge < -0.3 is 0 Å². The fourth-order valence-corrected chi connectivity index (χ4v) is 9.89. The van der Waals surface area contributed by atoms with Gasteiger partial charge in [0.2, 0.25) is 0 Å². The Balaban J connectivity index is 1.70. The van der Waals surface area contributed by atoms with E-state index in [1.807, 2.05) is 0 Å². The van der Waals surface area contributed by atoms with Crippen LogP contribution in [-0.4, -0.2) is 5.75 Å². The largest absolute Gasteiger partial charge is 0.159 e. The van der Waals surface area contributed by atoms with Crippen LogP contribution in [0.15, 0.2) is 112 Å². The van der Waals surface area contributed by atoms with E-state index in [1.165, 1.54) is 33.6 Å². The highest BCUT2D eigenvalue weighted by molar-refractivity contribution is 8.34. The summed E-state index contributed by atoms with van der Waals surface area (Å²) in [6, 6.07) is 36.8. The van der Waals surface area contributed by atoms with Crippen LogP contribution in [0.3, 0.4) is 0 Å². The zero-order chi connectivity index (χ0) is 19.3. The highest BCUT2D eigenvalue weighted by atomic mass is 32.3. The standard InChI is InChI=1S/C28H24S/c1-2-10-22-19-23-11-3-6-14-26(23)29(18-17-21(22)9-1)27-15-7-4-12-24(27)20-25-13-5-8-16-28(25)29/h1-16H,17-20H2. The second-order valence-corrected chi connectivity index (χ2v) is 11.3. The molecule has 29 heavy (non-hydrogen) atoms. The van der Waals surface area contributed by atoms with Crippen molar-refractivity contribution in [1.29, 1.82) is 0 Å². The van der Waals surface area contributed by atoms with E-state index in [-0.39, 0.29) is 0 Å². The summed E-state index contributed by atoms with van der Waals surface area (Å²) >= 11 is 0. The van der Waals surface area contributed by atoms with Crippen molar-refractivity contribution in [1.82, 2.24) is 0 Å². The van der Waals surface area contributed by atoms with Crippen LogP contribution in [0.4, 0.5) is 0 Å². The summed E-state index contributed by atoms with van der Waals surface area (Å²) in [5.41, 5.74) is 7.55. The Hall–Kier alpha value is -2.77. The maximum absolute atomic E-state index is 2.43. The van der Waals surface area contributed by atoms with Crippen molar-refractivity contribution < 1.29 is 0 Å². The summed E-state index contributed by atoms with van der Waals surface area (Å²) < 4.78 is 0. The highest BCUT2D eigenvalue weighted by Gasteiger charge is 2.39. The molecule has 4 aromatic rings. The zero-order valence-electron chi connectivity index (χ0n) is 16.5. The van der Waals surface area contributed by atoms with Crippen LogP contribution in [0, 0.1) is 0 Å². The van der Waals surface area contributed by atoms with Crippen molar-refractivity contribution in [2.75, 3.05) is 5.75 Å². The van der Waals surface area contributed by atoms with Gasteiger partial charge in [-0.15, -0.1) is 0 Å². The lowest BCUT2D eigenvalue weighted by molar-refractivity contribution is 0.969. The van der Waals surface area contributed by atoms with Gasteiger partial charge in [-0.05, 0) is 71.0 Å². The minimum Gasteiger partial charge on any atom is -0.159 e. The fraction of sp³-hybridized carbons (Fsp3) is 0.143. The predicted molar refractivity (Wildman–Crippen MR) is 122 cm³/mol. The normalized spacial score (nSPS) is 17.1. The highest BCUT2D eigenvalue weighted by Crippen LogP contribution is 2.73. The third-order valence-corrected chi connectivity index (χ3v) is 10.9. The molecule has 6 rings (SSSR count). The molecule has 0 saturated carbocycles. The Kier molecular flexibility index (Phi) is 3.92. The second kappa shape index (κ2) is 6.64. The fourth-order valence-electron chi connectivity index (χ4n) is 5.30. The van der Waals surface area contributed by atoms with E-state index in [0.29, 0.717) is 0 Å². The Morgan fingerprint density at radius 3 is 1.31 bits per heavy atom. The molecular weight excluding hydrogens is 368 g/mol. The maximum atomic E-state index is 2.43. The molecule has 0 unspecified atom stereocenters. The molecule has 2 aliphatic rings. The SMILES string of the molecule is c1ccc2c(c1)CCS1(c3ccccc3C2)c2ccccc2Cc2ccccc21. The molecular formula is C28H24S.